The molecule has 1 N–H and O–H groups in total. The van der Waals surface area contributed by atoms with Crippen molar-refractivity contribution in [3.63, 3.8) is 0 Å². The molecule has 3 rings (SSSR count). The summed E-state index contributed by atoms with van der Waals surface area (Å²) in [6.07, 6.45) is 5.51. The number of hydrogen-bond acceptors (Lipinski definition) is 4. The van der Waals surface area contributed by atoms with Gasteiger partial charge < -0.3 is 4.74 Å². The number of benzene rings is 1. The van der Waals surface area contributed by atoms with E-state index in [4.69, 9.17) is 4.74 Å². The Labute approximate surface area is 138 Å². The lowest BCUT2D eigenvalue weighted by Crippen LogP contribution is -2.53. The van der Waals surface area contributed by atoms with Crippen LogP contribution >= 0.6 is 0 Å². The fourth-order valence-electron chi connectivity index (χ4n) is 3.51. The highest BCUT2D eigenvalue weighted by molar-refractivity contribution is 7.90. The van der Waals surface area contributed by atoms with Crippen LogP contribution in [0.2, 0.25) is 0 Å². The highest BCUT2D eigenvalue weighted by Gasteiger charge is 2.48. The van der Waals surface area contributed by atoms with E-state index in [-0.39, 0.29) is 12.1 Å². The number of nitrogens with zero attached hydrogens (tertiary/aromatic N) is 1. The first kappa shape index (κ1) is 16.3. The molecule has 0 spiro atoms. The maximum Gasteiger partial charge on any atom is 0.299 e. The van der Waals surface area contributed by atoms with E-state index in [9.17, 15) is 8.42 Å². The monoisotopic (exact) mass is 336 g/mol. The lowest BCUT2D eigenvalue weighted by atomic mass is 9.96. The van der Waals surface area contributed by atoms with Gasteiger partial charge in [0, 0.05) is 0 Å². The van der Waals surface area contributed by atoms with Gasteiger partial charge in [-0.3, -0.25) is 0 Å². The Bertz CT molecular complexity index is 677. The van der Waals surface area contributed by atoms with E-state index in [1.165, 1.54) is 6.42 Å². The van der Waals surface area contributed by atoms with E-state index in [0.29, 0.717) is 0 Å². The standard InChI is InChI=1S/C17H24N2O3S/c1-17(2)15(13-9-5-3-6-10-13)23(20,21)19-16(22-17)18-14-11-7-4-8-12-14/h3,5-6,9-10,14-15H,4,7-8,11-12H2,1-2H3,(H,18,19). The van der Waals surface area contributed by atoms with Crippen LogP contribution in [0.5, 0.6) is 0 Å². The van der Waals surface area contributed by atoms with Gasteiger partial charge in [-0.25, -0.2) is 18.1 Å². The van der Waals surface area contributed by atoms with Crippen LogP contribution in [0.1, 0.15) is 56.8 Å². The summed E-state index contributed by atoms with van der Waals surface area (Å²) >= 11 is 0. The Morgan fingerprint density at radius 2 is 1.78 bits per heavy atom. The second kappa shape index (κ2) is 6.15. The zero-order valence-corrected chi connectivity index (χ0v) is 14.5. The number of ether oxygens (including phenoxy) is 1. The summed E-state index contributed by atoms with van der Waals surface area (Å²) in [4.78, 5) is 4.52. The van der Waals surface area contributed by atoms with E-state index < -0.39 is 20.9 Å². The third-order valence-corrected chi connectivity index (χ3v) is 6.43. The minimum absolute atomic E-state index is 0.147. The number of hydrogen-bond donors (Lipinski definition) is 1. The zero-order valence-electron chi connectivity index (χ0n) is 13.7. The maximum atomic E-state index is 12.8. The zero-order chi connectivity index (χ0) is 16.5. The van der Waals surface area contributed by atoms with Crippen molar-refractivity contribution in [2.75, 3.05) is 0 Å². The molecule has 1 aromatic rings. The van der Waals surface area contributed by atoms with Gasteiger partial charge in [-0.2, -0.15) is 0 Å². The van der Waals surface area contributed by atoms with Crippen molar-refractivity contribution in [1.82, 2.24) is 4.72 Å². The van der Waals surface area contributed by atoms with Crippen LogP contribution in [-0.2, 0) is 14.8 Å². The molecule has 1 aliphatic carbocycles. The number of rotatable bonds is 2. The van der Waals surface area contributed by atoms with E-state index in [0.717, 1.165) is 31.2 Å². The number of nitrogens with one attached hydrogen (secondary N) is 1. The average molecular weight is 336 g/mol. The van der Waals surface area contributed by atoms with Gasteiger partial charge in [0.2, 0.25) is 10.0 Å². The predicted octanol–water partition coefficient (Wildman–Crippen LogP) is 3.14. The fourth-order valence-corrected chi connectivity index (χ4v) is 5.28. The summed E-state index contributed by atoms with van der Waals surface area (Å²) in [6, 6.07) is 9.49. The van der Waals surface area contributed by atoms with Gasteiger partial charge in [0.15, 0.2) is 0 Å². The molecule has 1 aromatic carbocycles. The SMILES string of the molecule is CC1(C)OC(=NC2CCCCC2)NS(=O)(=O)C1c1ccccc1. The van der Waals surface area contributed by atoms with Gasteiger partial charge in [-0.05, 0) is 32.3 Å². The van der Waals surface area contributed by atoms with E-state index >= 15 is 0 Å². The first-order valence-corrected chi connectivity index (χ1v) is 9.76. The van der Waals surface area contributed by atoms with Gasteiger partial charge in [0.25, 0.3) is 6.02 Å². The largest absolute Gasteiger partial charge is 0.457 e. The van der Waals surface area contributed by atoms with Crippen LogP contribution in [0.3, 0.4) is 0 Å². The molecule has 1 saturated heterocycles. The molecule has 0 radical (unpaired) electrons. The van der Waals surface area contributed by atoms with Crippen molar-refractivity contribution in [3.05, 3.63) is 35.9 Å². The summed E-state index contributed by atoms with van der Waals surface area (Å²) in [5.74, 6) is 0. The van der Waals surface area contributed by atoms with Crippen molar-refractivity contribution in [2.24, 2.45) is 4.99 Å². The van der Waals surface area contributed by atoms with Crippen molar-refractivity contribution >= 4 is 16.0 Å². The lowest BCUT2D eigenvalue weighted by molar-refractivity contribution is 0.0758. The molecule has 1 aliphatic heterocycles. The molecule has 2 aliphatic rings. The van der Waals surface area contributed by atoms with Crippen molar-refractivity contribution in [1.29, 1.82) is 0 Å². The Morgan fingerprint density at radius 1 is 1.13 bits per heavy atom. The molecule has 6 heteroatoms. The Morgan fingerprint density at radius 3 is 2.39 bits per heavy atom. The highest BCUT2D eigenvalue weighted by Crippen LogP contribution is 2.38. The van der Waals surface area contributed by atoms with Gasteiger partial charge >= 0.3 is 0 Å². The molecule has 0 aromatic heterocycles. The molecule has 1 unspecified atom stereocenters. The van der Waals surface area contributed by atoms with E-state index in [1.54, 1.807) is 13.8 Å². The fraction of sp³-hybridized carbons (Fsp3) is 0.588. The van der Waals surface area contributed by atoms with Crippen LogP contribution in [0.4, 0.5) is 0 Å². The van der Waals surface area contributed by atoms with E-state index in [1.807, 2.05) is 30.3 Å². The predicted molar refractivity (Wildman–Crippen MR) is 90.7 cm³/mol. The van der Waals surface area contributed by atoms with Gasteiger partial charge in [0.05, 0.1) is 6.04 Å². The molecule has 2 fully saturated rings. The maximum absolute atomic E-state index is 12.8. The Hall–Kier alpha value is -1.56. The van der Waals surface area contributed by atoms with Crippen LogP contribution in [-0.4, -0.2) is 26.1 Å². The van der Waals surface area contributed by atoms with Crippen LogP contribution < -0.4 is 4.72 Å². The highest BCUT2D eigenvalue weighted by atomic mass is 32.2. The lowest BCUT2D eigenvalue weighted by Gasteiger charge is -2.39. The summed E-state index contributed by atoms with van der Waals surface area (Å²) in [5.41, 5.74) is -0.152. The minimum atomic E-state index is -3.59. The molecular weight excluding hydrogens is 312 g/mol. The molecule has 1 atom stereocenters. The Kier molecular flexibility index (Phi) is 4.36. The number of amidine groups is 1. The number of aliphatic imine (C=N–C) groups is 1. The summed E-state index contributed by atoms with van der Waals surface area (Å²) in [5, 5.41) is -0.762. The molecular formula is C17H24N2O3S. The third-order valence-electron chi connectivity index (χ3n) is 4.51. The van der Waals surface area contributed by atoms with Crippen molar-refractivity contribution in [3.8, 4) is 0 Å². The van der Waals surface area contributed by atoms with Crippen LogP contribution in [0.25, 0.3) is 0 Å². The normalized spacial score (nSPS) is 28.8. The molecule has 0 bridgehead atoms. The topological polar surface area (TPSA) is 67.8 Å². The summed E-state index contributed by atoms with van der Waals surface area (Å²) in [7, 11) is -3.59. The first-order chi connectivity index (χ1) is 10.9. The number of sulfonamides is 1. The molecule has 5 nitrogen and oxygen atoms in total. The molecule has 0 amide bonds. The Balaban J connectivity index is 1.89. The second-order valence-corrected chi connectivity index (χ2v) is 8.63. The quantitative estimate of drug-likeness (QED) is 0.902. The smallest absolute Gasteiger partial charge is 0.299 e. The van der Waals surface area contributed by atoms with Gasteiger partial charge in [-0.1, -0.05) is 49.6 Å². The van der Waals surface area contributed by atoms with E-state index in [2.05, 4.69) is 9.71 Å². The third kappa shape index (κ3) is 3.52. The second-order valence-electron chi connectivity index (χ2n) is 6.87. The molecule has 1 heterocycles. The van der Waals surface area contributed by atoms with Crippen LogP contribution in [0, 0.1) is 0 Å². The average Bonchev–Trinajstić information content (AvgIpc) is 2.46. The summed E-state index contributed by atoms with van der Waals surface area (Å²) < 4.78 is 34.0. The summed E-state index contributed by atoms with van der Waals surface area (Å²) in [6.45, 7) is 3.61. The molecule has 23 heavy (non-hydrogen) atoms. The molecule has 126 valence electrons. The van der Waals surface area contributed by atoms with Crippen molar-refractivity contribution in [2.45, 2.75) is 62.8 Å². The minimum Gasteiger partial charge on any atom is -0.457 e. The van der Waals surface area contributed by atoms with Gasteiger partial charge in [-0.15, -0.1) is 0 Å². The first-order valence-electron chi connectivity index (χ1n) is 8.22. The molecule has 1 saturated carbocycles. The van der Waals surface area contributed by atoms with Crippen molar-refractivity contribution < 1.29 is 13.2 Å². The van der Waals surface area contributed by atoms with Gasteiger partial charge in [0.1, 0.15) is 10.9 Å². The van der Waals surface area contributed by atoms with Crippen LogP contribution in [0.15, 0.2) is 35.3 Å².